The third-order valence-electron chi connectivity index (χ3n) is 11.6. The average molecular weight is 1720 g/mol. The number of benzene rings is 6. The summed E-state index contributed by atoms with van der Waals surface area (Å²) in [6, 6.07) is 27.2. The van der Waals surface area contributed by atoms with Crippen LogP contribution < -0.4 is 54.8 Å². The minimum atomic E-state index is -4.57. The minimum Gasteiger partial charge on any atom is -1.00 e. The van der Waals surface area contributed by atoms with Crippen LogP contribution in [-0.4, -0.2) is 51.4 Å². The van der Waals surface area contributed by atoms with E-state index < -0.39 is 114 Å². The molecule has 0 unspecified atom stereocenters. The summed E-state index contributed by atoms with van der Waals surface area (Å²) in [7, 11) is 0. The molecule has 1 amide bonds. The van der Waals surface area contributed by atoms with Gasteiger partial charge < -0.3 is 52.0 Å². The number of carbonyl (C=O) groups excluding carboxylic acids is 2. The minimum absolute atomic E-state index is 0. The molecule has 4 aromatic heterocycles. The van der Waals surface area contributed by atoms with Crippen molar-refractivity contribution >= 4 is 132 Å². The van der Waals surface area contributed by atoms with E-state index in [4.69, 9.17) is 106 Å². The Kier molecular flexibility index (Phi) is 36.2. The number of pyridine rings is 4. The summed E-state index contributed by atoms with van der Waals surface area (Å²) in [6.07, 6.45) is -13.2. The van der Waals surface area contributed by atoms with Crippen LogP contribution in [0.25, 0.3) is 0 Å². The van der Waals surface area contributed by atoms with Crippen molar-refractivity contribution in [1.82, 2.24) is 19.9 Å². The van der Waals surface area contributed by atoms with E-state index in [0.29, 0.717) is 6.07 Å². The number of anilines is 2. The van der Waals surface area contributed by atoms with Crippen LogP contribution in [0.2, 0.25) is 20.1 Å². The summed E-state index contributed by atoms with van der Waals surface area (Å²) in [5.41, 5.74) is 0.303. The monoisotopic (exact) mass is 1720 g/mol. The van der Waals surface area contributed by atoms with Crippen LogP contribution in [-0.2, 0) is 24.7 Å². The van der Waals surface area contributed by atoms with Gasteiger partial charge >= 0.3 is 65.9 Å². The first-order chi connectivity index (χ1) is 48.9. The number of aromatic hydroxyl groups is 1. The number of nitro groups is 2. The molecular weight excluding hydrogens is 1680 g/mol. The van der Waals surface area contributed by atoms with E-state index in [9.17, 15) is 100 Å². The molecule has 4 N–H and O–H groups in total. The van der Waals surface area contributed by atoms with Gasteiger partial charge in [-0.15, -0.1) is 23.2 Å². The number of carbonyl (C=O) groups is 2. The number of ether oxygens (including phenoxy) is 3. The van der Waals surface area contributed by atoms with Crippen LogP contribution in [0, 0.1) is 43.5 Å². The number of aromatic nitrogens is 4. The molecule has 4 heterocycles. The molecule has 10 rings (SSSR count). The summed E-state index contributed by atoms with van der Waals surface area (Å²) in [4.78, 5) is 56.2. The summed E-state index contributed by atoms with van der Waals surface area (Å²) in [5.74, 6) is -6.15. The molecule has 0 aliphatic heterocycles. The zero-order valence-corrected chi connectivity index (χ0v) is 60.9. The van der Waals surface area contributed by atoms with Gasteiger partial charge in [0.2, 0.25) is 0 Å². The summed E-state index contributed by atoms with van der Waals surface area (Å²) in [5, 5.41) is 30.5. The van der Waals surface area contributed by atoms with Crippen molar-refractivity contribution in [2.75, 3.05) is 16.4 Å². The molecule has 0 saturated heterocycles. The van der Waals surface area contributed by atoms with Crippen molar-refractivity contribution in [3.05, 3.63) is 284 Å². The second-order valence-corrected chi connectivity index (χ2v) is 22.6. The smallest absolute Gasteiger partial charge is 1.00 e. The molecule has 0 fully saturated rings. The maximum atomic E-state index is 13.6. The van der Waals surface area contributed by atoms with Gasteiger partial charge in [-0.05, 0) is 181 Å². The molecular formula is C63H37BrCl7F16N8NaO10. The van der Waals surface area contributed by atoms with Crippen molar-refractivity contribution in [3.8, 4) is 40.2 Å². The normalized spacial score (nSPS) is 10.7. The largest absolute Gasteiger partial charge is 1.00 e. The Morgan fingerprint density at radius 1 is 0.491 bits per heavy atom. The van der Waals surface area contributed by atoms with Gasteiger partial charge in [-0.2, -0.15) is 52.7 Å². The van der Waals surface area contributed by atoms with E-state index in [2.05, 4.69) is 41.2 Å². The number of hydrogen-bond donors (Lipinski definition) is 3. The van der Waals surface area contributed by atoms with Crippen molar-refractivity contribution in [3.63, 3.8) is 0 Å². The number of phenolic OH excluding ortho intramolecular Hbond substituents is 1. The number of hydrogen-bond acceptors (Lipinski definition) is 15. The van der Waals surface area contributed by atoms with Crippen LogP contribution in [0.15, 0.2) is 187 Å². The second-order valence-electron chi connectivity index (χ2n) is 18.9. The number of nitrogens with two attached hydrogens (primary N) is 1. The molecule has 10 aromatic rings. The van der Waals surface area contributed by atoms with Crippen LogP contribution in [0.3, 0.4) is 0 Å². The molecule has 0 radical (unpaired) electrons. The Morgan fingerprint density at radius 3 is 1.11 bits per heavy atom. The Balaban J connectivity index is 0.000000448. The van der Waals surface area contributed by atoms with Crippen molar-refractivity contribution in [2.45, 2.75) is 24.7 Å². The van der Waals surface area contributed by atoms with Gasteiger partial charge in [-0.3, -0.25) is 9.59 Å². The number of nitrogens with zero attached hydrogens (tertiary/aromatic N) is 6. The quantitative estimate of drug-likeness (QED) is 0.0272. The average Bonchev–Trinajstić information content (AvgIpc) is 0.844. The van der Waals surface area contributed by atoms with E-state index in [-0.39, 0.29) is 108 Å². The molecule has 18 nitrogen and oxygen atoms in total. The Morgan fingerprint density at radius 2 is 0.821 bits per heavy atom. The number of phenols is 1. The summed E-state index contributed by atoms with van der Waals surface area (Å²) in [6.45, 7) is 0. The molecule has 558 valence electrons. The van der Waals surface area contributed by atoms with Gasteiger partial charge in [-0.1, -0.05) is 58.5 Å². The summed E-state index contributed by atoms with van der Waals surface area (Å²) >= 11 is 40.2. The van der Waals surface area contributed by atoms with Crippen LogP contribution >= 0.6 is 97.1 Å². The maximum absolute atomic E-state index is 13.6. The van der Waals surface area contributed by atoms with E-state index in [1.165, 1.54) is 48.8 Å². The third kappa shape index (κ3) is 30.2. The molecule has 0 aliphatic carbocycles. The first-order valence-electron chi connectivity index (χ1n) is 27.2. The number of nitrogens with one attached hydrogen (secondary N) is 1. The van der Waals surface area contributed by atoms with Crippen molar-refractivity contribution in [1.29, 1.82) is 0 Å². The third-order valence-corrected chi connectivity index (χ3v) is 13.5. The molecule has 0 bridgehead atoms. The zero-order chi connectivity index (χ0) is 78.9. The molecule has 6 aromatic carbocycles. The van der Waals surface area contributed by atoms with E-state index in [1.54, 1.807) is 6.07 Å². The number of rotatable bonds is 11. The molecule has 0 spiro atoms. The maximum Gasteiger partial charge on any atom is 1.00 e. The van der Waals surface area contributed by atoms with Crippen LogP contribution in [0.1, 0.15) is 44.4 Å². The SMILES string of the molecule is ClCCl.Nc1ccc(Oc2cc(C(F)(F)F)ccc2Cl)cn1.O=C(Cl)c1c(F)cccc1F.O=C(Nc1ccc(Oc2cc(C(F)(F)F)ccc2Cl)cn1)c1c(F)cccc1F.O=[N+]([O-])c1ccc(Br)cn1.O=[N+]([O-])c1ccc(Oc2cc(C(F)(F)F)ccc2Cl)cn1.Oc1cc(C(F)(F)F)ccc1Cl.[H-].[Na+]. The molecule has 43 heteroatoms. The van der Waals surface area contributed by atoms with Gasteiger partial charge in [0.05, 0.1) is 64.5 Å². The Hall–Kier alpha value is -8.75. The first-order valence-corrected chi connectivity index (χ1v) is 30.9. The van der Waals surface area contributed by atoms with E-state index in [0.717, 1.165) is 126 Å². The standard InChI is InChI=1S/C19H10ClF5N2O2.C12H6ClF3N2O3.C12H8ClF3N2O.C7H4ClF3O.C7H3ClF2O.C5H3BrN2O2.CH2Cl2.Na.H/c20-12-6-4-10(19(23,24)25)8-15(12)29-11-5-7-16(26-9-11)27-18(28)17-13(21)2-1-3-14(17)22;13-9-3-1-7(12(14,15)16)5-10(9)21-8-2-4-11(17-6-8)18(19)20;13-9-3-1-7(12(14,15)16)5-10(9)19-8-2-4-11(17)18-6-8;8-5-2-1-4(3-6(5)12)7(9,10)11;8-7(11)6-4(9)2-1-3-5(6)10;6-4-1-2-5(7-3-4)8(9)10;2-1-3;;/h1-9H,(H,26,27,28);1-6H;1-6H,(H2,17,18);1-3,12H;1-3H;1-3H;1H2;;/q;;;;;;;+1;-1. The van der Waals surface area contributed by atoms with Gasteiger partial charge in [-0.25, -0.2) is 27.5 Å². The molecule has 0 atom stereocenters. The van der Waals surface area contributed by atoms with Gasteiger partial charge in [0.1, 0.15) is 80.5 Å². The topological polar surface area (TPSA) is 258 Å². The Labute approximate surface area is 652 Å². The fraction of sp³-hybridized carbons (Fsp3) is 0.0794. The molecule has 0 saturated carbocycles. The fourth-order valence-corrected chi connectivity index (χ4v) is 7.91. The van der Waals surface area contributed by atoms with Gasteiger partial charge in [0, 0.05) is 12.1 Å². The van der Waals surface area contributed by atoms with Gasteiger partial charge in [0.25, 0.3) is 11.1 Å². The number of alkyl halides is 14. The summed E-state index contributed by atoms with van der Waals surface area (Å²) < 4.78 is 219. The van der Waals surface area contributed by atoms with E-state index >= 15 is 0 Å². The number of amides is 1. The van der Waals surface area contributed by atoms with Crippen LogP contribution in [0.4, 0.5) is 93.5 Å². The zero-order valence-electron chi connectivity index (χ0n) is 53.0. The van der Waals surface area contributed by atoms with Gasteiger partial charge in [0.15, 0.2) is 18.1 Å². The van der Waals surface area contributed by atoms with Crippen LogP contribution in [0.5, 0.6) is 40.2 Å². The molecule has 106 heavy (non-hydrogen) atoms. The predicted molar refractivity (Wildman–Crippen MR) is 359 cm³/mol. The fourth-order valence-electron chi connectivity index (χ4n) is 6.91. The number of nitrogen functional groups attached to an aromatic ring is 1. The predicted octanol–water partition coefficient (Wildman–Crippen LogP) is 20.4. The van der Waals surface area contributed by atoms with Crippen molar-refractivity contribution in [2.24, 2.45) is 0 Å². The van der Waals surface area contributed by atoms with E-state index in [1.807, 2.05) is 0 Å². The second kappa shape index (κ2) is 42.0. The number of halogens is 24. The first kappa shape index (κ1) is 91.5. The Bertz CT molecular complexity index is 4580. The van der Waals surface area contributed by atoms with Crippen molar-refractivity contribution < 1.29 is 140 Å². The molecule has 0 aliphatic rings.